The van der Waals surface area contributed by atoms with E-state index in [1.54, 1.807) is 0 Å². The first kappa shape index (κ1) is 27.2. The zero-order chi connectivity index (χ0) is 27.4. The molecule has 37 heavy (non-hydrogen) atoms. The molecule has 4 nitrogen and oxygen atoms in total. The summed E-state index contributed by atoms with van der Waals surface area (Å²) in [6, 6.07) is 0. The van der Waals surface area contributed by atoms with Gasteiger partial charge in [-0.05, 0) is 102 Å². The smallest absolute Gasteiger partial charge is 0.312 e. The number of hydrogen-bond acceptors (Lipinski definition) is 4. The number of carbonyl (C=O) groups is 2. The highest BCUT2D eigenvalue weighted by atomic mass is 16.5. The topological polar surface area (TPSA) is 63.6 Å². The van der Waals surface area contributed by atoms with Crippen molar-refractivity contribution in [3.63, 3.8) is 0 Å². The van der Waals surface area contributed by atoms with Gasteiger partial charge in [0.15, 0.2) is 5.78 Å². The van der Waals surface area contributed by atoms with Crippen molar-refractivity contribution in [3.8, 4) is 0 Å². The minimum atomic E-state index is -0.550. The lowest BCUT2D eigenvalue weighted by molar-refractivity contribution is -0.192. The summed E-state index contributed by atoms with van der Waals surface area (Å²) in [4.78, 5) is 27.9. The molecule has 0 heterocycles. The Labute approximate surface area is 224 Å². The zero-order valence-corrected chi connectivity index (χ0v) is 24.6. The number of rotatable bonds is 2. The molecule has 0 spiro atoms. The fourth-order valence-electron chi connectivity index (χ4n) is 11.0. The molecule has 1 N–H and O–H groups in total. The molecule has 5 aliphatic rings. The predicted molar refractivity (Wildman–Crippen MR) is 147 cm³/mol. The van der Waals surface area contributed by atoms with Crippen LogP contribution in [-0.2, 0) is 14.3 Å². The largest absolute Gasteiger partial charge is 0.469 e. The Balaban J connectivity index is 1.69. The number of fused-ring (bicyclic) bond motifs is 7. The van der Waals surface area contributed by atoms with Gasteiger partial charge in [0.2, 0.25) is 0 Å². The normalized spacial score (nSPS) is 50.7. The summed E-state index contributed by atoms with van der Waals surface area (Å²) < 4.78 is 5.44. The van der Waals surface area contributed by atoms with Gasteiger partial charge in [-0.2, -0.15) is 0 Å². The maximum Gasteiger partial charge on any atom is 0.312 e. The van der Waals surface area contributed by atoms with Crippen molar-refractivity contribution in [2.24, 2.45) is 56.2 Å². The van der Waals surface area contributed by atoms with Gasteiger partial charge in [-0.1, -0.05) is 60.6 Å². The van der Waals surface area contributed by atoms with Crippen LogP contribution in [-0.4, -0.2) is 30.6 Å². The third kappa shape index (κ3) is 3.23. The van der Waals surface area contributed by atoms with E-state index in [0.717, 1.165) is 51.4 Å². The van der Waals surface area contributed by atoms with Crippen LogP contribution in [0.15, 0.2) is 23.8 Å². The fraction of sp³-hybridized carbons (Fsp3) is 0.818. The van der Waals surface area contributed by atoms with Gasteiger partial charge in [0.25, 0.3) is 0 Å². The molecular formula is C33H50O4. The van der Waals surface area contributed by atoms with Crippen LogP contribution >= 0.6 is 0 Å². The Bertz CT molecular complexity index is 1070. The van der Waals surface area contributed by atoms with Crippen molar-refractivity contribution < 1.29 is 19.4 Å². The van der Waals surface area contributed by atoms with Crippen LogP contribution in [0.2, 0.25) is 0 Å². The number of allylic oxidation sites excluding steroid dienone is 3. The molecule has 0 aromatic rings. The van der Waals surface area contributed by atoms with Crippen LogP contribution in [0.5, 0.6) is 0 Å². The van der Waals surface area contributed by atoms with Gasteiger partial charge >= 0.3 is 5.97 Å². The lowest BCUT2D eigenvalue weighted by atomic mass is 9.33. The Hall–Kier alpha value is -1.42. The average molecular weight is 511 g/mol. The Kier molecular flexibility index (Phi) is 5.91. The van der Waals surface area contributed by atoms with E-state index < -0.39 is 5.41 Å². The molecule has 9 atom stereocenters. The number of carbonyl (C=O) groups excluding carboxylic acids is 2. The highest BCUT2D eigenvalue weighted by molar-refractivity contribution is 5.96. The Morgan fingerprint density at radius 1 is 1.05 bits per heavy atom. The van der Waals surface area contributed by atoms with Crippen molar-refractivity contribution in [2.45, 2.75) is 99.8 Å². The van der Waals surface area contributed by atoms with Gasteiger partial charge < -0.3 is 9.84 Å². The highest BCUT2D eigenvalue weighted by Crippen LogP contribution is 2.76. The molecule has 4 saturated carbocycles. The van der Waals surface area contributed by atoms with Crippen molar-refractivity contribution in [1.82, 2.24) is 0 Å². The van der Waals surface area contributed by atoms with Crippen molar-refractivity contribution in [3.05, 3.63) is 23.8 Å². The molecule has 0 amide bonds. The third-order valence-corrected chi connectivity index (χ3v) is 13.4. The van der Waals surface area contributed by atoms with Crippen LogP contribution in [0.4, 0.5) is 0 Å². The van der Waals surface area contributed by atoms with Crippen LogP contribution in [0, 0.1) is 56.2 Å². The molecule has 0 aromatic carbocycles. The Morgan fingerprint density at radius 2 is 1.70 bits per heavy atom. The maximum absolute atomic E-state index is 14.5. The van der Waals surface area contributed by atoms with Gasteiger partial charge in [0, 0.05) is 17.9 Å². The van der Waals surface area contributed by atoms with Crippen LogP contribution in [0.3, 0.4) is 0 Å². The number of ether oxygens (including phenoxy) is 1. The molecule has 0 bridgehead atoms. The van der Waals surface area contributed by atoms with E-state index in [0.29, 0.717) is 5.92 Å². The first-order valence-electron chi connectivity index (χ1n) is 14.7. The first-order chi connectivity index (χ1) is 17.1. The van der Waals surface area contributed by atoms with E-state index in [-0.39, 0.29) is 63.2 Å². The van der Waals surface area contributed by atoms with Crippen LogP contribution in [0.25, 0.3) is 0 Å². The molecule has 5 rings (SSSR count). The van der Waals surface area contributed by atoms with E-state index in [1.165, 1.54) is 18.3 Å². The minimum Gasteiger partial charge on any atom is -0.469 e. The molecule has 0 radical (unpaired) electrons. The molecule has 0 aliphatic heterocycles. The number of esters is 1. The second-order valence-electron chi connectivity index (χ2n) is 15.5. The molecule has 206 valence electrons. The van der Waals surface area contributed by atoms with E-state index in [1.807, 2.05) is 6.08 Å². The predicted octanol–water partition coefficient (Wildman–Crippen LogP) is 6.91. The summed E-state index contributed by atoms with van der Waals surface area (Å²) in [6.45, 7) is 21.0. The number of aliphatic hydroxyl groups is 1. The molecule has 4 fully saturated rings. The fourth-order valence-corrected chi connectivity index (χ4v) is 11.0. The lowest BCUT2D eigenvalue weighted by Crippen LogP contribution is -2.66. The standard InChI is InChI=1S/C33H50O4/c1-20-17-29(5,19-34)24-10-11-30(6)25(32(24,8)21(20)2)16-23(35)26-22-18-28(3,4)12-14-33(22,27(36)37-9)15-13-31(26,30)7/h16,20,22,24,26,34H,2,10-15,17-19H2,1,3-9H3/t20-,22-,24-,26-,29+,30+,31+,32-,33-/m0/s1. The minimum absolute atomic E-state index is 0.00583. The van der Waals surface area contributed by atoms with Gasteiger partial charge in [-0.3, -0.25) is 9.59 Å². The number of methoxy groups -OCH3 is 1. The summed E-state index contributed by atoms with van der Waals surface area (Å²) in [6.07, 6.45) is 9.37. The van der Waals surface area contributed by atoms with E-state index in [9.17, 15) is 14.7 Å². The van der Waals surface area contributed by atoms with Gasteiger partial charge in [0.05, 0.1) is 12.5 Å². The summed E-state index contributed by atoms with van der Waals surface area (Å²) in [5, 5.41) is 10.6. The van der Waals surface area contributed by atoms with E-state index in [4.69, 9.17) is 4.74 Å². The monoisotopic (exact) mass is 510 g/mol. The third-order valence-electron chi connectivity index (χ3n) is 13.4. The number of hydrogen-bond donors (Lipinski definition) is 1. The zero-order valence-electron chi connectivity index (χ0n) is 24.6. The van der Waals surface area contributed by atoms with Gasteiger partial charge in [-0.25, -0.2) is 0 Å². The Morgan fingerprint density at radius 3 is 2.32 bits per heavy atom. The quantitative estimate of drug-likeness (QED) is 0.324. The maximum atomic E-state index is 14.5. The SMILES string of the molecule is C=C1[C@@H](C)C[C@](C)(CO)[C@@H]2CC[C@]3(C)C(=CC(=O)[C@@H]4[C@@H]5CC(C)(C)CC[C@]5(C(=O)OC)CC[C@]43C)[C@@]12C. The van der Waals surface area contributed by atoms with E-state index in [2.05, 4.69) is 55.0 Å². The van der Waals surface area contributed by atoms with Gasteiger partial charge in [-0.15, -0.1) is 0 Å². The summed E-state index contributed by atoms with van der Waals surface area (Å²) in [5.41, 5.74) is 1.17. The van der Waals surface area contributed by atoms with E-state index >= 15 is 0 Å². The number of ketones is 1. The van der Waals surface area contributed by atoms with Crippen molar-refractivity contribution >= 4 is 11.8 Å². The van der Waals surface area contributed by atoms with Crippen molar-refractivity contribution in [1.29, 1.82) is 0 Å². The summed E-state index contributed by atoms with van der Waals surface area (Å²) in [7, 11) is 1.51. The first-order valence-corrected chi connectivity index (χ1v) is 14.7. The molecule has 0 aromatic heterocycles. The second-order valence-corrected chi connectivity index (χ2v) is 15.5. The summed E-state index contributed by atoms with van der Waals surface area (Å²) >= 11 is 0. The summed E-state index contributed by atoms with van der Waals surface area (Å²) in [5.74, 6) is 0.501. The van der Waals surface area contributed by atoms with Gasteiger partial charge in [0.1, 0.15) is 0 Å². The van der Waals surface area contributed by atoms with Crippen molar-refractivity contribution in [2.75, 3.05) is 13.7 Å². The molecule has 4 heteroatoms. The number of aliphatic hydroxyl groups excluding tert-OH is 1. The lowest BCUT2D eigenvalue weighted by Gasteiger charge is -2.70. The highest BCUT2D eigenvalue weighted by Gasteiger charge is 2.71. The molecule has 0 unspecified atom stereocenters. The van der Waals surface area contributed by atoms with Crippen LogP contribution < -0.4 is 0 Å². The average Bonchev–Trinajstić information content (AvgIpc) is 2.83. The molecule has 0 saturated heterocycles. The molecular weight excluding hydrogens is 460 g/mol. The van der Waals surface area contributed by atoms with Crippen LogP contribution in [0.1, 0.15) is 99.8 Å². The second kappa shape index (κ2) is 8.05. The molecule has 5 aliphatic carbocycles.